The Morgan fingerprint density at radius 1 is 1.08 bits per heavy atom. The molecule has 0 aliphatic carbocycles. The highest BCUT2D eigenvalue weighted by Crippen LogP contribution is 2.29. The fraction of sp³-hybridized carbons (Fsp3) is 0.588. The van der Waals surface area contributed by atoms with Gasteiger partial charge in [-0.05, 0) is 32.9 Å². The van der Waals surface area contributed by atoms with Gasteiger partial charge in [0.1, 0.15) is 0 Å². The first-order valence-electron chi connectivity index (χ1n) is 7.61. The fourth-order valence-electron chi connectivity index (χ4n) is 2.23. The summed E-state index contributed by atoms with van der Waals surface area (Å²) in [5, 5.41) is 0. The van der Waals surface area contributed by atoms with E-state index in [1.165, 1.54) is 0 Å². The molecule has 0 unspecified atom stereocenters. The number of hydrogen-bond acceptors (Lipinski definition) is 3. The van der Waals surface area contributed by atoms with Gasteiger partial charge in [-0.1, -0.05) is 76.7 Å². The molecule has 0 saturated carbocycles. The zero-order chi connectivity index (χ0) is 18.8. The van der Waals surface area contributed by atoms with E-state index in [4.69, 9.17) is 0 Å². The summed E-state index contributed by atoms with van der Waals surface area (Å²) in [5.41, 5.74) is 0.509. The molecule has 1 aromatic rings. The van der Waals surface area contributed by atoms with Gasteiger partial charge in [-0.15, -0.1) is 0 Å². The molecule has 0 atom stereocenters. The second-order valence-electron chi connectivity index (χ2n) is 7.22. The number of rotatable bonds is 7. The predicted molar refractivity (Wildman–Crippen MR) is 116 cm³/mol. The molecule has 0 heterocycles. The first-order chi connectivity index (χ1) is 10.9. The lowest BCUT2D eigenvalue weighted by molar-refractivity contribution is -0.138. The number of alkyl halides is 2. The van der Waals surface area contributed by atoms with E-state index in [0.29, 0.717) is 13.9 Å². The maximum Gasteiger partial charge on any atom is 0.229 e. The van der Waals surface area contributed by atoms with Gasteiger partial charge >= 0.3 is 0 Å². The van der Waals surface area contributed by atoms with Crippen molar-refractivity contribution in [2.75, 3.05) is 15.5 Å². The van der Waals surface area contributed by atoms with Crippen molar-refractivity contribution < 1.29 is 13.2 Å². The number of sulfone groups is 1. The highest BCUT2D eigenvalue weighted by Gasteiger charge is 2.40. The number of halogens is 2. The summed E-state index contributed by atoms with van der Waals surface area (Å²) in [4.78, 5) is 14.7. The third-order valence-corrected chi connectivity index (χ3v) is 9.18. The molecule has 1 aromatic carbocycles. The first-order valence-corrected chi connectivity index (χ1v) is 12.1. The molecule has 7 heteroatoms. The topological polar surface area (TPSA) is 54.5 Å². The third kappa shape index (κ3) is 4.84. The van der Waals surface area contributed by atoms with E-state index < -0.39 is 20.0 Å². The van der Waals surface area contributed by atoms with E-state index in [2.05, 4.69) is 45.2 Å². The summed E-state index contributed by atoms with van der Waals surface area (Å²) in [6.07, 6.45) is 0. The molecule has 0 aliphatic rings. The Morgan fingerprint density at radius 2 is 1.58 bits per heavy atom. The van der Waals surface area contributed by atoms with Crippen LogP contribution in [0.25, 0.3) is 0 Å². The first kappa shape index (κ1) is 22.1. The van der Waals surface area contributed by atoms with Crippen LogP contribution in [0.3, 0.4) is 0 Å². The van der Waals surface area contributed by atoms with Gasteiger partial charge in [0.05, 0.1) is 19.6 Å². The molecule has 0 aromatic heterocycles. The molecule has 0 aliphatic heterocycles. The van der Waals surface area contributed by atoms with Gasteiger partial charge in [-0.25, -0.2) is 8.42 Å². The summed E-state index contributed by atoms with van der Waals surface area (Å²) >= 11 is 4.31. The average Bonchev–Trinajstić information content (AvgIpc) is 2.52. The lowest BCUT2D eigenvalue weighted by Gasteiger charge is -2.35. The molecule has 1 amide bonds. The molecule has 4 nitrogen and oxygen atoms in total. The Labute approximate surface area is 173 Å². The number of aryl methyl sites for hydroxylation is 1. The summed E-state index contributed by atoms with van der Waals surface area (Å²) in [7, 11) is -3.55. The molecule has 136 valence electrons. The highest BCUT2D eigenvalue weighted by molar-refractivity contribution is 14.1. The molecule has 1 rings (SSSR count). The second-order valence-corrected chi connectivity index (χ2v) is 11.2. The third-order valence-electron chi connectivity index (χ3n) is 3.97. The molecule has 0 fully saturated rings. The van der Waals surface area contributed by atoms with Crippen molar-refractivity contribution in [1.82, 2.24) is 4.90 Å². The van der Waals surface area contributed by atoms with E-state index in [9.17, 15) is 13.2 Å². The zero-order valence-electron chi connectivity index (χ0n) is 14.8. The Kier molecular flexibility index (Phi) is 7.56. The van der Waals surface area contributed by atoms with E-state index in [1.807, 2.05) is 20.8 Å². The zero-order valence-corrected chi connectivity index (χ0v) is 19.9. The minimum absolute atomic E-state index is 0.0153. The van der Waals surface area contributed by atoms with E-state index in [1.54, 1.807) is 43.0 Å². The number of amides is 1. The van der Waals surface area contributed by atoms with Crippen LogP contribution in [0.5, 0.6) is 0 Å². The van der Waals surface area contributed by atoms with Gasteiger partial charge in [0.25, 0.3) is 0 Å². The van der Waals surface area contributed by atoms with Gasteiger partial charge in [-0.2, -0.15) is 0 Å². The predicted octanol–water partition coefficient (Wildman–Crippen LogP) is 4.23. The monoisotopic (exact) mass is 577 g/mol. The Bertz CT molecular complexity index is 682. The largest absolute Gasteiger partial charge is 0.331 e. The van der Waals surface area contributed by atoms with Gasteiger partial charge in [-0.3, -0.25) is 4.79 Å². The minimum atomic E-state index is -3.55. The summed E-state index contributed by atoms with van der Waals surface area (Å²) in [5.74, 6) is -0.0153. The number of carbonyl (C=O) groups excluding carboxylic acids is 1. The maximum atomic E-state index is 13.0. The minimum Gasteiger partial charge on any atom is -0.331 e. The smallest absolute Gasteiger partial charge is 0.229 e. The Hall–Kier alpha value is 0.1000. The quantitative estimate of drug-likeness (QED) is 0.277. The van der Waals surface area contributed by atoms with Crippen LogP contribution >= 0.6 is 45.2 Å². The molecule has 0 bridgehead atoms. The summed E-state index contributed by atoms with van der Waals surface area (Å²) < 4.78 is 26.1. The van der Waals surface area contributed by atoms with Crippen molar-refractivity contribution in [3.8, 4) is 0 Å². The number of nitrogens with zero attached hydrogens (tertiary/aromatic N) is 1. The van der Waals surface area contributed by atoms with Crippen molar-refractivity contribution in [3.05, 3.63) is 29.8 Å². The van der Waals surface area contributed by atoms with Crippen molar-refractivity contribution >= 4 is 60.9 Å². The lowest BCUT2D eigenvalue weighted by atomic mass is 9.94. The molecule has 0 N–H and O–H groups in total. The SMILES string of the molecule is Cc1ccc(S(=O)(=O)C(C)(C)CN(CI)C(=O)C(C)(C)CI)cc1. The van der Waals surface area contributed by atoms with Crippen LogP contribution in [0.1, 0.15) is 33.3 Å². The van der Waals surface area contributed by atoms with E-state index in [-0.39, 0.29) is 12.5 Å². The van der Waals surface area contributed by atoms with Gasteiger partial charge < -0.3 is 4.90 Å². The van der Waals surface area contributed by atoms with Crippen LogP contribution in [0.2, 0.25) is 0 Å². The van der Waals surface area contributed by atoms with Crippen LogP contribution in [-0.4, -0.2) is 39.5 Å². The molecular formula is C17H25I2NO3S. The van der Waals surface area contributed by atoms with Crippen LogP contribution in [0, 0.1) is 12.3 Å². The van der Waals surface area contributed by atoms with Crippen molar-refractivity contribution in [1.29, 1.82) is 0 Å². The number of carbonyl (C=O) groups is 1. The molecule has 24 heavy (non-hydrogen) atoms. The van der Waals surface area contributed by atoms with Crippen molar-refractivity contribution in [3.63, 3.8) is 0 Å². The number of benzene rings is 1. The number of hydrogen-bond donors (Lipinski definition) is 0. The molecular weight excluding hydrogens is 552 g/mol. The maximum absolute atomic E-state index is 13.0. The van der Waals surface area contributed by atoms with Gasteiger partial charge in [0.2, 0.25) is 5.91 Å². The Morgan fingerprint density at radius 3 is 2.00 bits per heavy atom. The lowest BCUT2D eigenvalue weighted by Crippen LogP contribution is -2.50. The highest BCUT2D eigenvalue weighted by atomic mass is 127. The summed E-state index contributed by atoms with van der Waals surface area (Å²) in [6, 6.07) is 6.86. The normalized spacial score (nSPS) is 13.0. The van der Waals surface area contributed by atoms with Crippen molar-refractivity contribution in [2.24, 2.45) is 5.41 Å². The van der Waals surface area contributed by atoms with Crippen LogP contribution in [0.15, 0.2) is 29.2 Å². The van der Waals surface area contributed by atoms with Crippen molar-refractivity contribution in [2.45, 2.75) is 44.3 Å². The van der Waals surface area contributed by atoms with Gasteiger partial charge in [0, 0.05) is 11.0 Å². The standard InChI is InChI=1S/C17H25I2NO3S/c1-13-6-8-14(9-7-13)24(22,23)17(4,5)11-20(12-19)15(21)16(2,3)10-18/h6-9H,10-12H2,1-5H3. The molecule has 0 spiro atoms. The van der Waals surface area contributed by atoms with Gasteiger partial charge in [0.15, 0.2) is 9.84 Å². The molecule has 0 radical (unpaired) electrons. The van der Waals surface area contributed by atoms with Crippen LogP contribution < -0.4 is 0 Å². The second kappa shape index (κ2) is 8.20. The molecule has 0 saturated heterocycles. The van der Waals surface area contributed by atoms with E-state index in [0.717, 1.165) is 5.56 Å². The Balaban J connectivity index is 3.14. The summed E-state index contributed by atoms with van der Waals surface area (Å²) in [6.45, 7) is 9.25. The van der Waals surface area contributed by atoms with Crippen LogP contribution in [-0.2, 0) is 14.6 Å². The van der Waals surface area contributed by atoms with E-state index >= 15 is 0 Å². The van der Waals surface area contributed by atoms with Crippen LogP contribution in [0.4, 0.5) is 0 Å². The fourth-order valence-corrected chi connectivity index (χ4v) is 4.57. The average molecular weight is 577 g/mol.